The van der Waals surface area contributed by atoms with Crippen molar-refractivity contribution in [2.45, 2.75) is 19.3 Å². The number of carbonyl (C=O) groups is 1. The van der Waals surface area contributed by atoms with Gasteiger partial charge >= 0.3 is 5.97 Å². The van der Waals surface area contributed by atoms with Crippen LogP contribution in [0, 0.1) is 0 Å². The summed E-state index contributed by atoms with van der Waals surface area (Å²) < 4.78 is 3.12. The minimum absolute atomic E-state index is 0.487. The maximum Gasteiger partial charge on any atom is 0.310 e. The normalized spacial score (nSPS) is 12.7. The molecule has 2 heterocycles. The van der Waals surface area contributed by atoms with Crippen LogP contribution in [0.5, 0.6) is 0 Å². The van der Waals surface area contributed by atoms with E-state index in [4.69, 9.17) is 10.7 Å². The Morgan fingerprint density at radius 1 is 1.28 bits per heavy atom. The summed E-state index contributed by atoms with van der Waals surface area (Å²) >= 11 is 1.60. The highest BCUT2D eigenvalue weighted by Crippen LogP contribution is 2.32. The van der Waals surface area contributed by atoms with E-state index in [1.165, 1.54) is 0 Å². The van der Waals surface area contributed by atoms with E-state index >= 15 is 0 Å². The van der Waals surface area contributed by atoms with Gasteiger partial charge in [-0.1, -0.05) is 36.5 Å². The number of nitrogens with zero attached hydrogens (tertiary/aromatic N) is 2. The maximum atomic E-state index is 11.5. The monoisotopic (exact) mass is 351 g/mol. The average molecular weight is 351 g/mol. The summed E-state index contributed by atoms with van der Waals surface area (Å²) in [5.74, 6) is -1.28. The number of thiazole rings is 1. The van der Waals surface area contributed by atoms with Gasteiger partial charge in [-0.2, -0.15) is 0 Å². The van der Waals surface area contributed by atoms with Crippen molar-refractivity contribution in [1.82, 2.24) is 9.38 Å². The molecule has 0 aliphatic rings. The molecule has 2 aromatic carbocycles. The van der Waals surface area contributed by atoms with Gasteiger partial charge in [-0.05, 0) is 36.2 Å². The summed E-state index contributed by atoms with van der Waals surface area (Å²) in [4.78, 5) is 17.1. The Morgan fingerprint density at radius 2 is 2.04 bits per heavy atom. The second-order valence-electron chi connectivity index (χ2n) is 6.03. The van der Waals surface area contributed by atoms with E-state index in [1.807, 2.05) is 60.0 Å². The van der Waals surface area contributed by atoms with Crippen molar-refractivity contribution in [2.24, 2.45) is 0 Å². The molecule has 0 aliphatic heterocycles. The molecule has 6 heteroatoms. The minimum atomic E-state index is -0.790. The van der Waals surface area contributed by atoms with Gasteiger partial charge in [0.15, 0.2) is 4.96 Å². The van der Waals surface area contributed by atoms with Crippen molar-refractivity contribution in [1.29, 1.82) is 0 Å². The van der Waals surface area contributed by atoms with Crippen LogP contribution in [-0.4, -0.2) is 20.5 Å². The van der Waals surface area contributed by atoms with Crippen LogP contribution in [0.1, 0.15) is 24.8 Å². The molecule has 0 saturated heterocycles. The first-order chi connectivity index (χ1) is 12.1. The van der Waals surface area contributed by atoms with Crippen molar-refractivity contribution in [3.63, 3.8) is 0 Å². The lowest BCUT2D eigenvalue weighted by Gasteiger charge is -2.09. The maximum absolute atomic E-state index is 11.5. The third kappa shape index (κ3) is 2.64. The Kier molecular flexibility index (Phi) is 3.69. The van der Waals surface area contributed by atoms with Gasteiger partial charge in [-0.15, -0.1) is 0 Å². The Labute approximate surface area is 148 Å². The molecule has 126 valence electrons. The lowest BCUT2D eigenvalue weighted by Crippen LogP contribution is -2.10. The zero-order chi connectivity index (χ0) is 17.6. The zero-order valence-corrected chi connectivity index (χ0v) is 14.5. The van der Waals surface area contributed by atoms with E-state index in [0.29, 0.717) is 6.42 Å². The number of anilines is 1. The molecular formula is C19H17N3O2S. The van der Waals surface area contributed by atoms with Gasteiger partial charge in [0.1, 0.15) is 0 Å². The first kappa shape index (κ1) is 15.7. The second-order valence-corrected chi connectivity index (χ2v) is 7.04. The molecule has 1 unspecified atom stereocenters. The van der Waals surface area contributed by atoms with Crippen LogP contribution >= 0.6 is 11.3 Å². The van der Waals surface area contributed by atoms with E-state index in [2.05, 4.69) is 0 Å². The molecule has 4 aromatic rings. The van der Waals surface area contributed by atoms with Gasteiger partial charge in [-0.3, -0.25) is 9.20 Å². The third-order valence-electron chi connectivity index (χ3n) is 4.43. The Hall–Kier alpha value is -2.86. The van der Waals surface area contributed by atoms with E-state index in [9.17, 15) is 9.90 Å². The van der Waals surface area contributed by atoms with E-state index < -0.39 is 11.9 Å². The first-order valence-electron chi connectivity index (χ1n) is 8.07. The number of nitrogen functional groups attached to an aromatic ring is 1. The van der Waals surface area contributed by atoms with Crippen molar-refractivity contribution < 1.29 is 9.90 Å². The van der Waals surface area contributed by atoms with Crippen LogP contribution in [0.15, 0.2) is 48.7 Å². The van der Waals surface area contributed by atoms with Crippen LogP contribution < -0.4 is 5.73 Å². The quantitative estimate of drug-likeness (QED) is 0.535. The van der Waals surface area contributed by atoms with Crippen molar-refractivity contribution >= 4 is 38.2 Å². The van der Waals surface area contributed by atoms with Crippen molar-refractivity contribution in [2.75, 3.05) is 5.73 Å². The van der Waals surface area contributed by atoms with Crippen LogP contribution in [0.25, 0.3) is 26.4 Å². The van der Waals surface area contributed by atoms with Crippen LogP contribution in [-0.2, 0) is 4.79 Å². The number of nitrogens with two attached hydrogens (primary N) is 1. The summed E-state index contributed by atoms with van der Waals surface area (Å²) in [5.41, 5.74) is 10.2. The van der Waals surface area contributed by atoms with Gasteiger partial charge in [0.25, 0.3) is 0 Å². The summed E-state index contributed by atoms with van der Waals surface area (Å²) in [6.45, 7) is 1.89. The molecule has 0 spiro atoms. The highest BCUT2D eigenvalue weighted by Gasteiger charge is 2.19. The third-order valence-corrected chi connectivity index (χ3v) is 5.47. The predicted octanol–water partition coefficient (Wildman–Crippen LogP) is 4.38. The lowest BCUT2D eigenvalue weighted by molar-refractivity contribution is -0.138. The molecule has 25 heavy (non-hydrogen) atoms. The number of aliphatic carboxylic acids is 1. The first-order valence-corrected chi connectivity index (χ1v) is 8.88. The van der Waals surface area contributed by atoms with Crippen LogP contribution in [0.3, 0.4) is 0 Å². The topological polar surface area (TPSA) is 80.6 Å². The SMILES string of the molecule is CCC(C(=O)O)c1ccc2sc3nc(-c4ccc(N)cc4)cn3c2c1. The molecule has 5 nitrogen and oxygen atoms in total. The Balaban J connectivity index is 1.85. The lowest BCUT2D eigenvalue weighted by atomic mass is 9.96. The number of hydrogen-bond donors (Lipinski definition) is 2. The Bertz CT molecular complexity index is 1080. The van der Waals surface area contributed by atoms with Gasteiger partial charge < -0.3 is 10.8 Å². The standard InChI is InChI=1S/C19H17N3O2S/c1-2-14(18(23)24)12-5-8-17-16(9-12)22-10-15(21-19(22)25-17)11-3-6-13(20)7-4-11/h3-10,14H,2,20H2,1H3,(H,23,24). The highest BCUT2D eigenvalue weighted by atomic mass is 32.1. The number of carboxylic acids is 1. The molecular weight excluding hydrogens is 334 g/mol. The largest absolute Gasteiger partial charge is 0.481 e. The van der Waals surface area contributed by atoms with Gasteiger partial charge in [0, 0.05) is 17.4 Å². The molecule has 2 aromatic heterocycles. The number of imidazole rings is 1. The number of aromatic nitrogens is 2. The zero-order valence-electron chi connectivity index (χ0n) is 13.6. The number of benzene rings is 2. The van der Waals surface area contributed by atoms with Crippen LogP contribution in [0.4, 0.5) is 5.69 Å². The van der Waals surface area contributed by atoms with Gasteiger partial charge in [0.2, 0.25) is 0 Å². The fourth-order valence-corrected chi connectivity index (χ4v) is 4.07. The number of rotatable bonds is 4. The fraction of sp³-hybridized carbons (Fsp3) is 0.158. The van der Waals surface area contributed by atoms with Gasteiger partial charge in [0.05, 0.1) is 21.8 Å². The summed E-state index contributed by atoms with van der Waals surface area (Å²) in [7, 11) is 0. The Morgan fingerprint density at radius 3 is 2.72 bits per heavy atom. The van der Waals surface area contributed by atoms with E-state index in [1.54, 1.807) is 11.3 Å². The molecule has 0 bridgehead atoms. The highest BCUT2D eigenvalue weighted by molar-refractivity contribution is 7.23. The smallest absolute Gasteiger partial charge is 0.310 e. The predicted molar refractivity (Wildman–Crippen MR) is 101 cm³/mol. The summed E-state index contributed by atoms with van der Waals surface area (Å²) in [6.07, 6.45) is 2.56. The minimum Gasteiger partial charge on any atom is -0.481 e. The molecule has 0 saturated carbocycles. The van der Waals surface area contributed by atoms with Gasteiger partial charge in [-0.25, -0.2) is 4.98 Å². The average Bonchev–Trinajstić information content (AvgIpc) is 3.14. The molecule has 4 rings (SSSR count). The second kappa shape index (κ2) is 5.89. The van der Waals surface area contributed by atoms with Crippen molar-refractivity contribution in [3.8, 4) is 11.3 Å². The molecule has 3 N–H and O–H groups in total. The molecule has 1 atom stereocenters. The number of fused-ring (bicyclic) bond motifs is 3. The van der Waals surface area contributed by atoms with E-state index in [0.717, 1.165) is 37.7 Å². The number of carboxylic acid groups (broad SMARTS) is 1. The summed E-state index contributed by atoms with van der Waals surface area (Å²) in [6, 6.07) is 13.5. The summed E-state index contributed by atoms with van der Waals surface area (Å²) in [5, 5.41) is 9.41. The van der Waals surface area contributed by atoms with E-state index in [-0.39, 0.29) is 0 Å². The van der Waals surface area contributed by atoms with Crippen LogP contribution in [0.2, 0.25) is 0 Å². The molecule has 0 aliphatic carbocycles. The molecule has 0 radical (unpaired) electrons. The fourth-order valence-electron chi connectivity index (χ4n) is 3.08. The van der Waals surface area contributed by atoms with Crippen molar-refractivity contribution in [3.05, 3.63) is 54.2 Å². The number of hydrogen-bond acceptors (Lipinski definition) is 4. The molecule has 0 fully saturated rings. The molecule has 0 amide bonds.